The Bertz CT molecular complexity index is 661. The van der Waals surface area contributed by atoms with E-state index in [1.165, 1.54) is 25.7 Å². The molecule has 0 atom stereocenters. The maximum absolute atomic E-state index is 12.0. The summed E-state index contributed by atoms with van der Waals surface area (Å²) in [5.41, 5.74) is 0.801. The molecule has 2 aromatic carbocycles. The predicted molar refractivity (Wildman–Crippen MR) is 97.8 cm³/mol. The van der Waals surface area contributed by atoms with Crippen molar-refractivity contribution in [1.82, 2.24) is 0 Å². The Balaban J connectivity index is 1.48. The Morgan fingerprint density at radius 1 is 1.00 bits per heavy atom. The van der Waals surface area contributed by atoms with Crippen LogP contribution in [0, 0.1) is 5.92 Å². The van der Waals surface area contributed by atoms with Crippen molar-refractivity contribution in [3.05, 3.63) is 53.6 Å². The van der Waals surface area contributed by atoms with Crippen molar-refractivity contribution >= 4 is 23.2 Å². The maximum Gasteiger partial charge on any atom is 0.224 e. The van der Waals surface area contributed by atoms with Gasteiger partial charge in [-0.15, -0.1) is 0 Å². The van der Waals surface area contributed by atoms with Crippen LogP contribution in [0.2, 0.25) is 5.02 Å². The van der Waals surface area contributed by atoms with E-state index in [9.17, 15) is 4.79 Å². The molecule has 1 aliphatic rings. The summed E-state index contributed by atoms with van der Waals surface area (Å²) >= 11 is 5.86. The number of halogens is 1. The lowest BCUT2D eigenvalue weighted by atomic mass is 10.0. The maximum atomic E-state index is 12.0. The highest BCUT2D eigenvalue weighted by Gasteiger charge is 2.16. The number of carbonyl (C=O) groups is 1. The molecular formula is C20H22ClNO2. The van der Waals surface area contributed by atoms with Gasteiger partial charge >= 0.3 is 0 Å². The first kappa shape index (κ1) is 16.8. The third-order valence-electron chi connectivity index (χ3n) is 4.44. The van der Waals surface area contributed by atoms with E-state index >= 15 is 0 Å². The third-order valence-corrected chi connectivity index (χ3v) is 4.69. The van der Waals surface area contributed by atoms with Crippen molar-refractivity contribution in [3.63, 3.8) is 0 Å². The van der Waals surface area contributed by atoms with Gasteiger partial charge in [0.2, 0.25) is 5.91 Å². The Labute approximate surface area is 148 Å². The highest BCUT2D eigenvalue weighted by atomic mass is 35.5. The first-order valence-electron chi connectivity index (χ1n) is 8.52. The Morgan fingerprint density at radius 2 is 1.58 bits per heavy atom. The number of anilines is 1. The van der Waals surface area contributed by atoms with Crippen LogP contribution in [0.3, 0.4) is 0 Å². The van der Waals surface area contributed by atoms with Gasteiger partial charge < -0.3 is 10.1 Å². The average molecular weight is 344 g/mol. The molecule has 0 unspecified atom stereocenters. The Morgan fingerprint density at radius 3 is 2.21 bits per heavy atom. The highest BCUT2D eigenvalue weighted by molar-refractivity contribution is 6.30. The Kier molecular flexibility index (Phi) is 5.76. The normalized spacial score (nSPS) is 14.5. The van der Waals surface area contributed by atoms with E-state index in [0.29, 0.717) is 11.4 Å². The molecule has 126 valence electrons. The number of nitrogens with one attached hydrogen (secondary N) is 1. The number of rotatable bonds is 6. The predicted octanol–water partition coefficient (Wildman–Crippen LogP) is 6.04. The van der Waals surface area contributed by atoms with Crippen molar-refractivity contribution in [3.8, 4) is 11.5 Å². The topological polar surface area (TPSA) is 38.3 Å². The molecule has 3 nitrogen and oxygen atoms in total. The zero-order chi connectivity index (χ0) is 16.8. The number of ether oxygens (including phenoxy) is 1. The monoisotopic (exact) mass is 343 g/mol. The molecule has 0 heterocycles. The van der Waals surface area contributed by atoms with E-state index in [4.69, 9.17) is 16.3 Å². The molecule has 1 aliphatic carbocycles. The molecule has 1 amide bonds. The second-order valence-electron chi connectivity index (χ2n) is 6.32. The van der Waals surface area contributed by atoms with Gasteiger partial charge in [-0.3, -0.25) is 4.79 Å². The molecule has 0 spiro atoms. The smallest absolute Gasteiger partial charge is 0.224 e. The van der Waals surface area contributed by atoms with Gasteiger partial charge in [0.1, 0.15) is 11.5 Å². The number of benzene rings is 2. The van der Waals surface area contributed by atoms with Gasteiger partial charge in [-0.1, -0.05) is 37.3 Å². The molecule has 0 bridgehead atoms. The molecule has 0 saturated heterocycles. The van der Waals surface area contributed by atoms with Gasteiger partial charge in [0, 0.05) is 17.1 Å². The van der Waals surface area contributed by atoms with Crippen LogP contribution in [0.1, 0.15) is 38.5 Å². The first-order chi connectivity index (χ1) is 11.7. The summed E-state index contributed by atoms with van der Waals surface area (Å²) < 4.78 is 5.74. The van der Waals surface area contributed by atoms with Crippen molar-refractivity contribution in [2.45, 2.75) is 38.5 Å². The minimum atomic E-state index is 0.0910. The van der Waals surface area contributed by atoms with Gasteiger partial charge in [0.05, 0.1) is 0 Å². The van der Waals surface area contributed by atoms with Crippen molar-refractivity contribution in [2.75, 3.05) is 5.32 Å². The highest BCUT2D eigenvalue weighted by Crippen LogP contribution is 2.29. The minimum absolute atomic E-state index is 0.0910. The second kappa shape index (κ2) is 8.20. The van der Waals surface area contributed by atoms with Crippen molar-refractivity contribution < 1.29 is 9.53 Å². The summed E-state index contributed by atoms with van der Waals surface area (Å²) in [6, 6.07) is 14.6. The fraction of sp³-hybridized carbons (Fsp3) is 0.350. The molecule has 1 N–H and O–H groups in total. The van der Waals surface area contributed by atoms with Gasteiger partial charge in [0.15, 0.2) is 0 Å². The quantitative estimate of drug-likeness (QED) is 0.694. The van der Waals surface area contributed by atoms with Gasteiger partial charge in [-0.25, -0.2) is 0 Å². The summed E-state index contributed by atoms with van der Waals surface area (Å²) in [6.07, 6.45) is 6.81. The van der Waals surface area contributed by atoms with Crippen LogP contribution >= 0.6 is 11.6 Å². The van der Waals surface area contributed by atoms with Crippen LogP contribution in [-0.4, -0.2) is 5.91 Å². The van der Waals surface area contributed by atoms with E-state index in [2.05, 4.69) is 5.32 Å². The molecule has 0 aromatic heterocycles. The van der Waals surface area contributed by atoms with Crippen LogP contribution in [0.25, 0.3) is 0 Å². The molecule has 24 heavy (non-hydrogen) atoms. The van der Waals surface area contributed by atoms with Crippen LogP contribution in [0.4, 0.5) is 5.69 Å². The standard InChI is InChI=1S/C20H22ClNO2/c21-16-6-10-18(11-7-16)24-19-12-8-17(9-13-19)22-20(23)14-5-15-3-1-2-4-15/h6-13,15H,1-5,14H2,(H,22,23). The SMILES string of the molecule is O=C(CCC1CCCC1)Nc1ccc(Oc2ccc(Cl)cc2)cc1. The zero-order valence-electron chi connectivity index (χ0n) is 13.6. The number of hydrogen-bond acceptors (Lipinski definition) is 2. The van der Waals surface area contributed by atoms with Crippen LogP contribution in [0.5, 0.6) is 11.5 Å². The third kappa shape index (κ3) is 5.00. The summed E-state index contributed by atoms with van der Waals surface area (Å²) in [5.74, 6) is 2.29. The van der Waals surface area contributed by atoms with Crippen LogP contribution in [0.15, 0.2) is 48.5 Å². The van der Waals surface area contributed by atoms with E-state index in [0.717, 1.165) is 29.5 Å². The molecule has 0 aliphatic heterocycles. The molecule has 2 aromatic rings. The molecule has 3 rings (SSSR count). The fourth-order valence-electron chi connectivity index (χ4n) is 3.10. The summed E-state index contributed by atoms with van der Waals surface area (Å²) in [6.45, 7) is 0. The summed E-state index contributed by atoms with van der Waals surface area (Å²) in [4.78, 5) is 12.0. The van der Waals surface area contributed by atoms with Gasteiger partial charge in [-0.2, -0.15) is 0 Å². The van der Waals surface area contributed by atoms with E-state index in [1.807, 2.05) is 36.4 Å². The lowest BCUT2D eigenvalue weighted by Crippen LogP contribution is -2.12. The van der Waals surface area contributed by atoms with Crippen LogP contribution < -0.4 is 10.1 Å². The molecular weight excluding hydrogens is 322 g/mol. The van der Waals surface area contributed by atoms with Crippen molar-refractivity contribution in [2.24, 2.45) is 5.92 Å². The molecule has 1 fully saturated rings. The molecule has 1 saturated carbocycles. The Hall–Kier alpha value is -2.00. The number of carbonyl (C=O) groups excluding carboxylic acids is 1. The fourth-order valence-corrected chi connectivity index (χ4v) is 3.23. The lowest BCUT2D eigenvalue weighted by Gasteiger charge is -2.10. The van der Waals surface area contributed by atoms with E-state index in [-0.39, 0.29) is 5.91 Å². The summed E-state index contributed by atoms with van der Waals surface area (Å²) in [7, 11) is 0. The van der Waals surface area contributed by atoms with Gasteiger partial charge in [-0.05, 0) is 60.9 Å². The molecule has 4 heteroatoms. The molecule has 0 radical (unpaired) electrons. The lowest BCUT2D eigenvalue weighted by molar-refractivity contribution is -0.116. The zero-order valence-corrected chi connectivity index (χ0v) is 14.4. The van der Waals surface area contributed by atoms with Crippen LogP contribution in [-0.2, 0) is 4.79 Å². The minimum Gasteiger partial charge on any atom is -0.457 e. The largest absolute Gasteiger partial charge is 0.457 e. The summed E-state index contributed by atoms with van der Waals surface area (Å²) in [5, 5.41) is 3.63. The van der Waals surface area contributed by atoms with Gasteiger partial charge in [0.25, 0.3) is 0 Å². The van der Waals surface area contributed by atoms with E-state index < -0.39 is 0 Å². The number of amides is 1. The van der Waals surface area contributed by atoms with Crippen molar-refractivity contribution in [1.29, 1.82) is 0 Å². The number of hydrogen-bond donors (Lipinski definition) is 1. The van der Waals surface area contributed by atoms with E-state index in [1.54, 1.807) is 12.1 Å². The second-order valence-corrected chi connectivity index (χ2v) is 6.75. The first-order valence-corrected chi connectivity index (χ1v) is 8.90. The average Bonchev–Trinajstić information content (AvgIpc) is 3.10.